The lowest BCUT2D eigenvalue weighted by molar-refractivity contribution is -0.217. The smallest absolute Gasteiger partial charge is 0.352 e. The lowest BCUT2D eigenvalue weighted by Gasteiger charge is -2.42. The molecule has 2 aliphatic rings. The number of hydrogen-bond donors (Lipinski definition) is 2. The molecule has 2 saturated carbocycles. The zero-order chi connectivity index (χ0) is 14.1. The first-order chi connectivity index (χ1) is 8.90. The number of aliphatic hydroxyl groups is 1. The van der Waals surface area contributed by atoms with E-state index in [2.05, 4.69) is 5.32 Å². The van der Waals surface area contributed by atoms with Crippen molar-refractivity contribution in [3.05, 3.63) is 0 Å². The molecule has 19 heavy (non-hydrogen) atoms. The van der Waals surface area contributed by atoms with Crippen LogP contribution in [0.4, 0.5) is 8.78 Å². The molecule has 0 aliphatic heterocycles. The highest BCUT2D eigenvalue weighted by Crippen LogP contribution is 2.44. The van der Waals surface area contributed by atoms with Crippen molar-refractivity contribution in [3.8, 4) is 0 Å². The zero-order valence-corrected chi connectivity index (χ0v) is 11.1. The number of rotatable bonds is 4. The maximum atomic E-state index is 13.9. The van der Waals surface area contributed by atoms with Gasteiger partial charge in [-0.05, 0) is 32.1 Å². The number of amides is 1. The number of halogens is 2. The molecule has 0 unspecified atom stereocenters. The maximum Gasteiger partial charge on any atom is 0.352 e. The molecule has 2 rings (SSSR count). The minimum Gasteiger partial charge on any atom is -0.383 e. The van der Waals surface area contributed by atoms with E-state index in [1.54, 1.807) is 0 Å². The molecule has 0 heterocycles. The van der Waals surface area contributed by atoms with Gasteiger partial charge in [0.2, 0.25) is 0 Å². The third-order valence-corrected chi connectivity index (χ3v) is 4.37. The minimum absolute atomic E-state index is 0.0220. The Balaban J connectivity index is 1.99. The lowest BCUT2D eigenvalue weighted by Crippen LogP contribution is -2.63. The molecule has 4 nitrogen and oxygen atoms in total. The van der Waals surface area contributed by atoms with Gasteiger partial charge in [0.1, 0.15) is 5.60 Å². The summed E-state index contributed by atoms with van der Waals surface area (Å²) in [5.41, 5.74) is -2.16. The first-order valence-electron chi connectivity index (χ1n) is 6.85. The van der Waals surface area contributed by atoms with Crippen LogP contribution in [0.2, 0.25) is 0 Å². The maximum absolute atomic E-state index is 13.9. The van der Waals surface area contributed by atoms with E-state index in [1.165, 1.54) is 7.11 Å². The molecule has 0 aromatic rings. The van der Waals surface area contributed by atoms with Crippen LogP contribution in [0.3, 0.4) is 0 Å². The molecular weight excluding hydrogens is 256 g/mol. The molecular formula is C13H21F2NO3. The normalized spacial score (nSPS) is 30.5. The average Bonchev–Trinajstić information content (AvgIpc) is 2.36. The topological polar surface area (TPSA) is 58.6 Å². The highest BCUT2D eigenvalue weighted by molar-refractivity contribution is 5.85. The fourth-order valence-electron chi connectivity index (χ4n) is 2.84. The summed E-state index contributed by atoms with van der Waals surface area (Å²) in [5, 5.41) is 12.1. The predicted octanol–water partition coefficient (Wildman–Crippen LogP) is 1.61. The summed E-state index contributed by atoms with van der Waals surface area (Å²) in [7, 11) is 1.52. The second-order valence-corrected chi connectivity index (χ2v) is 5.60. The lowest BCUT2D eigenvalue weighted by atomic mass is 9.75. The summed E-state index contributed by atoms with van der Waals surface area (Å²) in [5.74, 6) is -5.09. The third kappa shape index (κ3) is 2.60. The summed E-state index contributed by atoms with van der Waals surface area (Å²) in [4.78, 5) is 11.8. The number of ether oxygens (including phenoxy) is 1. The van der Waals surface area contributed by atoms with Gasteiger partial charge in [0.15, 0.2) is 0 Å². The summed E-state index contributed by atoms with van der Waals surface area (Å²) >= 11 is 0. The Bertz CT molecular complexity index is 345. The van der Waals surface area contributed by atoms with Gasteiger partial charge in [0.25, 0.3) is 5.91 Å². The van der Waals surface area contributed by atoms with Crippen LogP contribution in [-0.4, -0.2) is 41.8 Å². The fourth-order valence-corrected chi connectivity index (χ4v) is 2.84. The second kappa shape index (κ2) is 5.32. The van der Waals surface area contributed by atoms with Gasteiger partial charge < -0.3 is 15.2 Å². The number of methoxy groups -OCH3 is 1. The Morgan fingerprint density at radius 1 is 1.32 bits per heavy atom. The first-order valence-corrected chi connectivity index (χ1v) is 6.85. The van der Waals surface area contributed by atoms with Gasteiger partial charge in [-0.2, -0.15) is 8.78 Å². The van der Waals surface area contributed by atoms with Crippen molar-refractivity contribution in [3.63, 3.8) is 0 Å². The van der Waals surface area contributed by atoms with Gasteiger partial charge >= 0.3 is 5.92 Å². The highest BCUT2D eigenvalue weighted by Gasteiger charge is 2.61. The quantitative estimate of drug-likeness (QED) is 0.821. The van der Waals surface area contributed by atoms with E-state index in [9.17, 15) is 18.7 Å². The Kier molecular flexibility index (Phi) is 4.11. The minimum atomic E-state index is -3.72. The summed E-state index contributed by atoms with van der Waals surface area (Å²) in [6.45, 7) is 0. The molecule has 110 valence electrons. The van der Waals surface area contributed by atoms with Gasteiger partial charge in [-0.3, -0.25) is 4.79 Å². The molecule has 6 heteroatoms. The molecule has 2 N–H and O–H groups in total. The first kappa shape index (κ1) is 14.7. The molecule has 2 aliphatic carbocycles. The van der Waals surface area contributed by atoms with Gasteiger partial charge in [0, 0.05) is 7.11 Å². The number of alkyl halides is 2. The molecule has 2 fully saturated rings. The molecule has 0 aromatic heterocycles. The monoisotopic (exact) mass is 277 g/mol. The fraction of sp³-hybridized carbons (Fsp3) is 0.923. The second-order valence-electron chi connectivity index (χ2n) is 5.60. The van der Waals surface area contributed by atoms with Crippen molar-refractivity contribution in [2.45, 2.75) is 68.6 Å². The van der Waals surface area contributed by atoms with Crippen LogP contribution in [0, 0.1) is 0 Å². The molecule has 0 saturated heterocycles. The van der Waals surface area contributed by atoms with Crippen molar-refractivity contribution in [2.75, 3.05) is 7.11 Å². The molecule has 2 atom stereocenters. The van der Waals surface area contributed by atoms with Crippen molar-refractivity contribution in [2.24, 2.45) is 0 Å². The molecule has 0 bridgehead atoms. The van der Waals surface area contributed by atoms with E-state index >= 15 is 0 Å². The van der Waals surface area contributed by atoms with Crippen LogP contribution in [0.15, 0.2) is 0 Å². The number of carbonyl (C=O) groups excluding carboxylic acids is 1. The largest absolute Gasteiger partial charge is 0.383 e. The molecule has 0 radical (unpaired) electrons. The molecule has 1 amide bonds. The standard InChI is InChI=1S/C13H21F2NO3/c1-19-10-6-3-2-5-9(10)16-11(17)13(14,15)12(18)7-4-8-12/h9-10,18H,2-8H2,1H3,(H,16,17)/t9-,10+/m0/s1. The van der Waals surface area contributed by atoms with Gasteiger partial charge in [-0.25, -0.2) is 0 Å². The van der Waals surface area contributed by atoms with Crippen molar-refractivity contribution >= 4 is 5.91 Å². The SMILES string of the molecule is CO[C@@H]1CCCC[C@@H]1NC(=O)C(F)(F)C1(O)CCC1. The van der Waals surface area contributed by atoms with E-state index in [0.717, 1.165) is 19.3 Å². The predicted molar refractivity (Wildman–Crippen MR) is 64.9 cm³/mol. The Hall–Kier alpha value is -0.750. The van der Waals surface area contributed by atoms with Crippen molar-refractivity contribution in [1.82, 2.24) is 5.32 Å². The Labute approximate surface area is 111 Å². The summed E-state index contributed by atoms with van der Waals surface area (Å²) < 4.78 is 33.1. The van der Waals surface area contributed by atoms with Crippen molar-refractivity contribution < 1.29 is 23.4 Å². The van der Waals surface area contributed by atoms with Gasteiger partial charge in [-0.1, -0.05) is 12.8 Å². The number of carbonyl (C=O) groups is 1. The van der Waals surface area contributed by atoms with Crippen LogP contribution >= 0.6 is 0 Å². The van der Waals surface area contributed by atoms with Gasteiger partial charge in [0.05, 0.1) is 12.1 Å². The van der Waals surface area contributed by atoms with Gasteiger partial charge in [-0.15, -0.1) is 0 Å². The Morgan fingerprint density at radius 3 is 2.47 bits per heavy atom. The van der Waals surface area contributed by atoms with E-state index in [-0.39, 0.29) is 25.0 Å². The van der Waals surface area contributed by atoms with E-state index in [0.29, 0.717) is 12.8 Å². The zero-order valence-electron chi connectivity index (χ0n) is 11.1. The average molecular weight is 277 g/mol. The highest BCUT2D eigenvalue weighted by atomic mass is 19.3. The van der Waals surface area contributed by atoms with Crippen molar-refractivity contribution in [1.29, 1.82) is 0 Å². The number of nitrogens with one attached hydrogen (secondary N) is 1. The van der Waals surface area contributed by atoms with E-state index in [1.807, 2.05) is 0 Å². The van der Waals surface area contributed by atoms with E-state index in [4.69, 9.17) is 4.74 Å². The Morgan fingerprint density at radius 2 is 1.95 bits per heavy atom. The molecule has 0 aromatic carbocycles. The van der Waals surface area contributed by atoms with Crippen LogP contribution in [-0.2, 0) is 9.53 Å². The van der Waals surface area contributed by atoms with Crippen LogP contribution in [0.1, 0.15) is 44.9 Å². The molecule has 0 spiro atoms. The number of hydrogen-bond acceptors (Lipinski definition) is 3. The summed E-state index contributed by atoms with van der Waals surface area (Å²) in [6, 6.07) is -0.388. The third-order valence-electron chi connectivity index (χ3n) is 4.37. The van der Waals surface area contributed by atoms with Crippen LogP contribution in [0.25, 0.3) is 0 Å². The van der Waals surface area contributed by atoms with Crippen LogP contribution < -0.4 is 5.32 Å². The van der Waals surface area contributed by atoms with Crippen LogP contribution in [0.5, 0.6) is 0 Å². The van der Waals surface area contributed by atoms with E-state index < -0.39 is 17.4 Å². The summed E-state index contributed by atoms with van der Waals surface area (Å²) in [6.07, 6.45) is 3.53.